The average molecular weight is 275 g/mol. The van der Waals surface area contributed by atoms with E-state index in [1.807, 2.05) is 31.2 Å². The average Bonchev–Trinajstić information content (AvgIpc) is 2.68. The molecule has 3 unspecified atom stereocenters. The second kappa shape index (κ2) is 5.74. The number of nitrogens with zero attached hydrogens (tertiary/aromatic N) is 1. The molecule has 2 aliphatic heterocycles. The summed E-state index contributed by atoms with van der Waals surface area (Å²) in [5.41, 5.74) is 0.961. The first kappa shape index (κ1) is 13.9. The number of hydrogen-bond acceptors (Lipinski definition) is 3. The molecule has 1 N–H and O–H groups in total. The molecule has 0 aromatic heterocycles. The van der Waals surface area contributed by atoms with Gasteiger partial charge in [-0.25, -0.2) is 0 Å². The van der Waals surface area contributed by atoms with Crippen LogP contribution in [0.5, 0.6) is 5.75 Å². The zero-order valence-corrected chi connectivity index (χ0v) is 12.5. The largest absolute Gasteiger partial charge is 0.493 e. The van der Waals surface area contributed by atoms with Crippen LogP contribution in [0.1, 0.15) is 44.3 Å². The third-order valence-corrected chi connectivity index (χ3v) is 5.12. The summed E-state index contributed by atoms with van der Waals surface area (Å²) in [6.45, 7) is 2.63. The van der Waals surface area contributed by atoms with Crippen molar-refractivity contribution in [3.63, 3.8) is 0 Å². The molecule has 3 nitrogen and oxygen atoms in total. The maximum absolute atomic E-state index is 10.8. The van der Waals surface area contributed by atoms with Gasteiger partial charge in [0.05, 0.1) is 12.7 Å². The Morgan fingerprint density at radius 1 is 1.25 bits per heavy atom. The van der Waals surface area contributed by atoms with Gasteiger partial charge in [0.2, 0.25) is 0 Å². The first-order valence-electron chi connectivity index (χ1n) is 7.82. The highest BCUT2D eigenvalue weighted by Crippen LogP contribution is 2.43. The van der Waals surface area contributed by atoms with Gasteiger partial charge in [-0.05, 0) is 51.6 Å². The Morgan fingerprint density at radius 3 is 2.55 bits per heavy atom. The first-order valence-corrected chi connectivity index (χ1v) is 7.82. The molecule has 0 saturated carbocycles. The highest BCUT2D eigenvalue weighted by atomic mass is 16.5. The summed E-state index contributed by atoms with van der Waals surface area (Å²) < 4.78 is 5.67. The molecule has 2 fully saturated rings. The molecule has 20 heavy (non-hydrogen) atoms. The van der Waals surface area contributed by atoms with E-state index in [0.29, 0.717) is 24.6 Å². The number of aliphatic hydroxyl groups is 1. The van der Waals surface area contributed by atoms with Crippen LogP contribution in [-0.2, 0) is 0 Å². The third-order valence-electron chi connectivity index (χ3n) is 5.12. The highest BCUT2D eigenvalue weighted by molar-refractivity contribution is 5.35. The van der Waals surface area contributed by atoms with E-state index in [0.717, 1.165) is 24.2 Å². The van der Waals surface area contributed by atoms with E-state index >= 15 is 0 Å². The molecule has 2 bridgehead atoms. The number of aliphatic hydroxyl groups excluding tert-OH is 1. The quantitative estimate of drug-likeness (QED) is 0.917. The van der Waals surface area contributed by atoms with Crippen molar-refractivity contribution < 1.29 is 9.84 Å². The van der Waals surface area contributed by atoms with Gasteiger partial charge in [0, 0.05) is 17.6 Å². The maximum atomic E-state index is 10.8. The second-order valence-electron chi connectivity index (χ2n) is 6.20. The summed E-state index contributed by atoms with van der Waals surface area (Å²) in [5.74, 6) is 1.21. The normalized spacial score (nSPS) is 31.2. The summed E-state index contributed by atoms with van der Waals surface area (Å²) in [7, 11) is 2.24. The number of fused-ring (bicyclic) bond motifs is 2. The van der Waals surface area contributed by atoms with Crippen molar-refractivity contribution in [2.24, 2.45) is 5.92 Å². The maximum Gasteiger partial charge on any atom is 0.125 e. The fraction of sp³-hybridized carbons (Fsp3) is 0.647. The molecule has 0 aliphatic carbocycles. The molecule has 1 aromatic rings. The number of piperidine rings is 1. The fourth-order valence-corrected chi connectivity index (χ4v) is 3.98. The van der Waals surface area contributed by atoms with Crippen LogP contribution in [0, 0.1) is 5.92 Å². The van der Waals surface area contributed by atoms with Crippen molar-refractivity contribution >= 4 is 0 Å². The van der Waals surface area contributed by atoms with Crippen molar-refractivity contribution in [3.05, 3.63) is 29.8 Å². The van der Waals surface area contributed by atoms with Crippen LogP contribution in [-0.4, -0.2) is 35.7 Å². The lowest BCUT2D eigenvalue weighted by Gasteiger charge is -2.38. The molecular formula is C17H25NO2. The Kier molecular flexibility index (Phi) is 3.99. The van der Waals surface area contributed by atoms with E-state index in [1.54, 1.807) is 0 Å². The van der Waals surface area contributed by atoms with Gasteiger partial charge in [-0.1, -0.05) is 18.2 Å². The number of ether oxygens (including phenoxy) is 1. The second-order valence-corrected chi connectivity index (χ2v) is 6.20. The molecule has 2 saturated heterocycles. The minimum absolute atomic E-state index is 0.366. The summed E-state index contributed by atoms with van der Waals surface area (Å²) in [4.78, 5) is 2.51. The lowest BCUT2D eigenvalue weighted by Crippen LogP contribution is -2.41. The molecule has 110 valence electrons. The standard InChI is InChI=1S/C17H25NO2/c1-3-20-16-7-5-4-6-15(16)17(19)12-10-13-8-9-14(11-12)18(13)2/h4-7,12-14,17,19H,3,8-11H2,1-2H3. The van der Waals surface area contributed by atoms with Crippen molar-refractivity contribution in [2.75, 3.05) is 13.7 Å². The Balaban J connectivity index is 1.78. The van der Waals surface area contributed by atoms with Gasteiger partial charge >= 0.3 is 0 Å². The van der Waals surface area contributed by atoms with E-state index in [9.17, 15) is 5.11 Å². The minimum atomic E-state index is -0.394. The van der Waals surface area contributed by atoms with Crippen LogP contribution in [0.15, 0.2) is 24.3 Å². The predicted octanol–water partition coefficient (Wildman–Crippen LogP) is 2.99. The van der Waals surface area contributed by atoms with E-state index in [2.05, 4.69) is 11.9 Å². The molecule has 3 atom stereocenters. The van der Waals surface area contributed by atoms with Gasteiger partial charge in [0.15, 0.2) is 0 Å². The molecule has 3 heteroatoms. The van der Waals surface area contributed by atoms with Crippen LogP contribution in [0.3, 0.4) is 0 Å². The van der Waals surface area contributed by atoms with Crippen molar-refractivity contribution in [1.82, 2.24) is 4.90 Å². The Bertz CT molecular complexity index is 448. The van der Waals surface area contributed by atoms with Crippen molar-refractivity contribution in [2.45, 2.75) is 50.8 Å². The molecular weight excluding hydrogens is 250 g/mol. The Morgan fingerprint density at radius 2 is 1.90 bits per heavy atom. The minimum Gasteiger partial charge on any atom is -0.493 e. The zero-order valence-electron chi connectivity index (χ0n) is 12.5. The number of benzene rings is 1. The van der Waals surface area contributed by atoms with Gasteiger partial charge in [-0.2, -0.15) is 0 Å². The Labute approximate surface area is 121 Å². The van der Waals surface area contributed by atoms with E-state index in [-0.39, 0.29) is 0 Å². The monoisotopic (exact) mass is 275 g/mol. The van der Waals surface area contributed by atoms with Gasteiger partial charge < -0.3 is 14.7 Å². The number of hydrogen-bond donors (Lipinski definition) is 1. The highest BCUT2D eigenvalue weighted by Gasteiger charge is 2.41. The van der Waals surface area contributed by atoms with Crippen LogP contribution >= 0.6 is 0 Å². The van der Waals surface area contributed by atoms with Crippen LogP contribution in [0.4, 0.5) is 0 Å². The lowest BCUT2D eigenvalue weighted by atomic mass is 9.83. The lowest BCUT2D eigenvalue weighted by molar-refractivity contribution is 0.0341. The topological polar surface area (TPSA) is 32.7 Å². The van der Waals surface area contributed by atoms with Gasteiger partial charge in [0.1, 0.15) is 5.75 Å². The molecule has 0 spiro atoms. The van der Waals surface area contributed by atoms with Crippen LogP contribution in [0.2, 0.25) is 0 Å². The number of para-hydroxylation sites is 1. The summed E-state index contributed by atoms with van der Waals surface area (Å²) in [6.07, 6.45) is 4.40. The van der Waals surface area contributed by atoms with E-state index < -0.39 is 6.10 Å². The fourth-order valence-electron chi connectivity index (χ4n) is 3.98. The Hall–Kier alpha value is -1.06. The van der Waals surface area contributed by atoms with Gasteiger partial charge in [0.25, 0.3) is 0 Å². The smallest absolute Gasteiger partial charge is 0.125 e. The first-order chi connectivity index (χ1) is 9.70. The number of rotatable bonds is 4. The third kappa shape index (κ3) is 2.45. The SMILES string of the molecule is CCOc1ccccc1C(O)C1CC2CCC(C1)N2C. The molecule has 1 aromatic carbocycles. The molecule has 0 amide bonds. The van der Waals surface area contributed by atoms with Crippen LogP contribution < -0.4 is 4.74 Å². The summed E-state index contributed by atoms with van der Waals surface area (Å²) in [5, 5.41) is 10.8. The van der Waals surface area contributed by atoms with Crippen LogP contribution in [0.25, 0.3) is 0 Å². The molecule has 0 radical (unpaired) electrons. The summed E-state index contributed by atoms with van der Waals surface area (Å²) >= 11 is 0. The van der Waals surface area contributed by atoms with E-state index in [1.165, 1.54) is 12.8 Å². The zero-order chi connectivity index (χ0) is 14.1. The molecule has 2 aliphatic rings. The predicted molar refractivity (Wildman–Crippen MR) is 79.9 cm³/mol. The van der Waals surface area contributed by atoms with Gasteiger partial charge in [-0.15, -0.1) is 0 Å². The van der Waals surface area contributed by atoms with E-state index in [4.69, 9.17) is 4.74 Å². The molecule has 2 heterocycles. The van der Waals surface area contributed by atoms with Crippen molar-refractivity contribution in [3.8, 4) is 5.75 Å². The van der Waals surface area contributed by atoms with Gasteiger partial charge in [-0.3, -0.25) is 0 Å². The van der Waals surface area contributed by atoms with Crippen molar-refractivity contribution in [1.29, 1.82) is 0 Å². The molecule has 3 rings (SSSR count). The summed E-state index contributed by atoms with van der Waals surface area (Å²) in [6, 6.07) is 9.26.